The smallest absolute Gasteiger partial charge is 0.328 e. The molecule has 1 saturated carbocycles. The average Bonchev–Trinajstić information content (AvgIpc) is 3.25. The topological polar surface area (TPSA) is 73.3 Å². The van der Waals surface area contributed by atoms with Crippen LogP contribution < -0.4 is 11.2 Å². The summed E-state index contributed by atoms with van der Waals surface area (Å²) >= 11 is 0. The van der Waals surface area contributed by atoms with Crippen LogP contribution in [-0.2, 0) is 29.2 Å². The molecule has 9 heteroatoms. The summed E-state index contributed by atoms with van der Waals surface area (Å²) in [7, 11) is 0. The van der Waals surface area contributed by atoms with Gasteiger partial charge in [0, 0.05) is 6.54 Å². The first-order valence-electron chi connectivity index (χ1n) is 10.4. The molecular weight excluding hydrogens is 437 g/mol. The number of aromatic nitrogens is 2. The van der Waals surface area contributed by atoms with Crippen LogP contribution in [0.4, 0.5) is 13.2 Å². The number of aromatic amines is 1. The Morgan fingerprint density at radius 1 is 0.879 bits per heavy atom. The highest BCUT2D eigenvalue weighted by Crippen LogP contribution is 2.66. The van der Waals surface area contributed by atoms with E-state index in [2.05, 4.69) is 0 Å². The Morgan fingerprint density at radius 2 is 1.39 bits per heavy atom. The molecule has 0 saturated heterocycles. The third-order valence-electron chi connectivity index (χ3n) is 5.97. The molecule has 1 heterocycles. The molecule has 2 aromatic carbocycles. The molecule has 1 aliphatic rings. The summed E-state index contributed by atoms with van der Waals surface area (Å²) < 4.78 is 56.0. The van der Waals surface area contributed by atoms with E-state index >= 15 is 8.78 Å². The molecule has 0 unspecified atom stereocenters. The van der Waals surface area contributed by atoms with Crippen LogP contribution in [0.2, 0.25) is 0 Å². The molecule has 0 amide bonds. The molecule has 1 aromatic heterocycles. The molecule has 0 bridgehead atoms. The van der Waals surface area contributed by atoms with Gasteiger partial charge in [-0.05, 0) is 11.1 Å². The zero-order chi connectivity index (χ0) is 23.5. The van der Waals surface area contributed by atoms with E-state index < -0.39 is 40.9 Å². The Hall–Kier alpha value is -3.17. The van der Waals surface area contributed by atoms with Crippen molar-refractivity contribution in [2.24, 2.45) is 11.3 Å². The maximum atomic E-state index is 15.1. The fourth-order valence-corrected chi connectivity index (χ4v) is 3.98. The van der Waals surface area contributed by atoms with Crippen molar-refractivity contribution in [2.45, 2.75) is 25.7 Å². The lowest BCUT2D eigenvalue weighted by molar-refractivity contribution is -0.0431. The van der Waals surface area contributed by atoms with Crippen molar-refractivity contribution < 1.29 is 22.6 Å². The number of alkyl halides is 2. The predicted octanol–water partition coefficient (Wildman–Crippen LogP) is 3.36. The SMILES string of the molecule is O=c1[nH]c(=O)n(C[C@@H]2C(F)(F)C2(COCc2ccccc2)COCc2ccccc2)cc1F. The Labute approximate surface area is 187 Å². The molecule has 3 aromatic rings. The molecule has 33 heavy (non-hydrogen) atoms. The second-order valence-electron chi connectivity index (χ2n) is 8.18. The average molecular weight is 460 g/mol. The summed E-state index contributed by atoms with van der Waals surface area (Å²) in [6.45, 7) is -0.832. The van der Waals surface area contributed by atoms with E-state index in [1.807, 2.05) is 60.7 Å². The molecule has 6 nitrogen and oxygen atoms in total. The number of nitrogens with one attached hydrogen (secondary N) is 1. The number of H-pyrrole nitrogens is 1. The third kappa shape index (κ3) is 4.79. The van der Waals surface area contributed by atoms with Crippen LogP contribution in [0.1, 0.15) is 11.1 Å². The van der Waals surface area contributed by atoms with Gasteiger partial charge in [-0.2, -0.15) is 4.39 Å². The summed E-state index contributed by atoms with van der Waals surface area (Å²) in [6, 6.07) is 18.3. The van der Waals surface area contributed by atoms with E-state index in [1.54, 1.807) is 4.98 Å². The van der Waals surface area contributed by atoms with E-state index in [9.17, 15) is 14.0 Å². The monoisotopic (exact) mass is 460 g/mol. The first-order valence-corrected chi connectivity index (χ1v) is 10.4. The van der Waals surface area contributed by atoms with Crippen molar-refractivity contribution in [1.29, 1.82) is 0 Å². The lowest BCUT2D eigenvalue weighted by Crippen LogP contribution is -2.33. The maximum absolute atomic E-state index is 15.1. The Kier molecular flexibility index (Phi) is 6.53. The van der Waals surface area contributed by atoms with Crippen LogP contribution in [0.5, 0.6) is 0 Å². The zero-order valence-corrected chi connectivity index (χ0v) is 17.7. The fourth-order valence-electron chi connectivity index (χ4n) is 3.98. The normalized spacial score (nSPS) is 18.2. The summed E-state index contributed by atoms with van der Waals surface area (Å²) in [6.07, 6.45) is 0.649. The molecule has 0 aliphatic heterocycles. The summed E-state index contributed by atoms with van der Waals surface area (Å²) in [5.41, 5.74) is -2.17. The summed E-state index contributed by atoms with van der Waals surface area (Å²) in [4.78, 5) is 25.1. The number of benzene rings is 2. The molecule has 174 valence electrons. The van der Waals surface area contributed by atoms with Crippen molar-refractivity contribution >= 4 is 0 Å². The number of hydrogen-bond acceptors (Lipinski definition) is 4. The quantitative estimate of drug-likeness (QED) is 0.504. The van der Waals surface area contributed by atoms with Crippen LogP contribution in [0.15, 0.2) is 76.4 Å². The minimum Gasteiger partial charge on any atom is -0.376 e. The predicted molar refractivity (Wildman–Crippen MR) is 114 cm³/mol. The first kappa shape index (κ1) is 23.0. The molecule has 1 fully saturated rings. The third-order valence-corrected chi connectivity index (χ3v) is 5.97. The van der Waals surface area contributed by atoms with Gasteiger partial charge in [0.2, 0.25) is 5.82 Å². The highest BCUT2D eigenvalue weighted by Gasteiger charge is 2.80. The number of hydrogen-bond donors (Lipinski definition) is 1. The largest absolute Gasteiger partial charge is 0.376 e. The van der Waals surface area contributed by atoms with Crippen molar-refractivity contribution in [3.63, 3.8) is 0 Å². The number of halogens is 3. The van der Waals surface area contributed by atoms with E-state index in [0.717, 1.165) is 15.7 Å². The first-order chi connectivity index (χ1) is 15.8. The van der Waals surface area contributed by atoms with Crippen molar-refractivity contribution in [2.75, 3.05) is 13.2 Å². The molecule has 1 N–H and O–H groups in total. The van der Waals surface area contributed by atoms with E-state index in [4.69, 9.17) is 9.47 Å². The number of nitrogens with zero attached hydrogens (tertiary/aromatic N) is 1. The van der Waals surface area contributed by atoms with Crippen LogP contribution in [-0.4, -0.2) is 28.7 Å². The molecule has 4 rings (SSSR count). The minimum absolute atomic E-state index is 0.136. The van der Waals surface area contributed by atoms with Gasteiger partial charge in [0.15, 0.2) is 0 Å². The van der Waals surface area contributed by atoms with Gasteiger partial charge in [0.05, 0.1) is 44.0 Å². The highest BCUT2D eigenvalue weighted by molar-refractivity contribution is 5.19. The van der Waals surface area contributed by atoms with E-state index in [-0.39, 0.29) is 26.4 Å². The minimum atomic E-state index is -3.22. The standard InChI is InChI=1S/C24H23F3N2O4/c25-19-11-29(22(31)28-21(19)30)12-20-23(24(20,26)27,15-32-13-17-7-3-1-4-8-17)16-33-14-18-9-5-2-6-10-18/h1-11,20H,12-16H2,(H,28,30,31)/t20-/m0/s1. The van der Waals surface area contributed by atoms with Crippen LogP contribution in [0.3, 0.4) is 0 Å². The maximum Gasteiger partial charge on any atom is 0.328 e. The molecule has 1 atom stereocenters. The van der Waals surface area contributed by atoms with Gasteiger partial charge in [-0.15, -0.1) is 0 Å². The van der Waals surface area contributed by atoms with E-state index in [0.29, 0.717) is 6.20 Å². The Balaban J connectivity index is 1.51. The number of rotatable bonds is 10. The summed E-state index contributed by atoms with van der Waals surface area (Å²) in [5, 5.41) is 0. The van der Waals surface area contributed by atoms with Gasteiger partial charge in [-0.3, -0.25) is 14.3 Å². The summed E-state index contributed by atoms with van der Waals surface area (Å²) in [5.74, 6) is -5.77. The van der Waals surface area contributed by atoms with E-state index in [1.165, 1.54) is 0 Å². The van der Waals surface area contributed by atoms with Gasteiger partial charge >= 0.3 is 5.69 Å². The molecule has 0 radical (unpaired) electrons. The lowest BCUT2D eigenvalue weighted by atomic mass is 10.1. The van der Waals surface area contributed by atoms with Gasteiger partial charge in [0.25, 0.3) is 11.5 Å². The second-order valence-corrected chi connectivity index (χ2v) is 8.18. The highest BCUT2D eigenvalue weighted by atomic mass is 19.3. The second kappa shape index (κ2) is 9.36. The molecular formula is C24H23F3N2O4. The Bertz CT molecular complexity index is 1150. The number of ether oxygens (including phenoxy) is 2. The van der Waals surface area contributed by atoms with Crippen LogP contribution in [0, 0.1) is 17.2 Å². The lowest BCUT2D eigenvalue weighted by Gasteiger charge is -2.18. The van der Waals surface area contributed by atoms with Crippen molar-refractivity contribution in [3.05, 3.63) is 105 Å². The zero-order valence-electron chi connectivity index (χ0n) is 17.7. The van der Waals surface area contributed by atoms with Crippen molar-refractivity contribution in [3.8, 4) is 0 Å². The van der Waals surface area contributed by atoms with Gasteiger partial charge in [-0.25, -0.2) is 13.6 Å². The molecule has 1 aliphatic carbocycles. The van der Waals surface area contributed by atoms with Gasteiger partial charge < -0.3 is 9.47 Å². The molecule has 0 spiro atoms. The van der Waals surface area contributed by atoms with Crippen LogP contribution >= 0.6 is 0 Å². The van der Waals surface area contributed by atoms with Crippen LogP contribution in [0.25, 0.3) is 0 Å². The van der Waals surface area contributed by atoms with Gasteiger partial charge in [-0.1, -0.05) is 60.7 Å². The van der Waals surface area contributed by atoms with Gasteiger partial charge in [0.1, 0.15) is 0 Å². The van der Waals surface area contributed by atoms with Crippen molar-refractivity contribution in [1.82, 2.24) is 9.55 Å². The Morgan fingerprint density at radius 3 is 1.91 bits per heavy atom. The fraction of sp³-hybridized carbons (Fsp3) is 0.333.